The summed E-state index contributed by atoms with van der Waals surface area (Å²) in [5.74, 6) is 2.94. The average Bonchev–Trinajstić information content (AvgIpc) is 3.10. The highest BCUT2D eigenvalue weighted by Gasteiger charge is 2.20. The molecular weight excluding hydrogens is 286 g/mol. The zero-order valence-corrected chi connectivity index (χ0v) is 13.1. The summed E-state index contributed by atoms with van der Waals surface area (Å²) in [5.41, 5.74) is 0. The SMILES string of the molecule is CCS[C@H]1CCCCN(Cc2nnc(-c3ccco3)o2)C1. The molecule has 0 aliphatic carbocycles. The fourth-order valence-corrected chi connectivity index (χ4v) is 3.82. The highest BCUT2D eigenvalue weighted by Crippen LogP contribution is 2.24. The van der Waals surface area contributed by atoms with Gasteiger partial charge in [0.15, 0.2) is 5.76 Å². The summed E-state index contributed by atoms with van der Waals surface area (Å²) in [6.07, 6.45) is 5.49. The topological polar surface area (TPSA) is 55.3 Å². The average molecular weight is 307 g/mol. The summed E-state index contributed by atoms with van der Waals surface area (Å²) >= 11 is 2.06. The van der Waals surface area contributed by atoms with Crippen LogP contribution < -0.4 is 0 Å². The van der Waals surface area contributed by atoms with E-state index in [1.807, 2.05) is 12.1 Å². The number of likely N-dealkylation sites (tertiary alicyclic amines) is 1. The van der Waals surface area contributed by atoms with E-state index in [2.05, 4.69) is 33.8 Å². The second kappa shape index (κ2) is 7.13. The standard InChI is InChI=1S/C15H21N3O2S/c1-2-21-12-6-3-4-8-18(10-12)11-14-16-17-15(20-14)13-7-5-9-19-13/h5,7,9,12H,2-4,6,8,10-11H2,1H3/t12-/m0/s1. The van der Waals surface area contributed by atoms with Crippen LogP contribution in [0.4, 0.5) is 0 Å². The van der Waals surface area contributed by atoms with Gasteiger partial charge in [-0.05, 0) is 37.3 Å². The van der Waals surface area contributed by atoms with Crippen molar-refractivity contribution in [3.8, 4) is 11.7 Å². The van der Waals surface area contributed by atoms with E-state index < -0.39 is 0 Å². The number of hydrogen-bond donors (Lipinski definition) is 0. The second-order valence-electron chi connectivity index (χ2n) is 5.29. The quantitative estimate of drug-likeness (QED) is 0.843. The first-order valence-electron chi connectivity index (χ1n) is 7.55. The van der Waals surface area contributed by atoms with Gasteiger partial charge in [-0.2, -0.15) is 11.8 Å². The van der Waals surface area contributed by atoms with Crippen molar-refractivity contribution >= 4 is 11.8 Å². The summed E-state index contributed by atoms with van der Waals surface area (Å²) in [6.45, 7) is 5.18. The molecule has 0 radical (unpaired) electrons. The van der Waals surface area contributed by atoms with Crippen LogP contribution in [0, 0.1) is 0 Å². The first-order chi connectivity index (χ1) is 10.3. The van der Waals surface area contributed by atoms with E-state index in [0.29, 0.717) is 17.5 Å². The number of aromatic nitrogens is 2. The third kappa shape index (κ3) is 3.89. The molecule has 1 saturated heterocycles. The Morgan fingerprint density at radius 3 is 3.14 bits per heavy atom. The molecule has 2 aromatic rings. The van der Waals surface area contributed by atoms with Crippen molar-refractivity contribution in [3.63, 3.8) is 0 Å². The van der Waals surface area contributed by atoms with Crippen molar-refractivity contribution in [2.75, 3.05) is 18.8 Å². The number of thioether (sulfide) groups is 1. The molecule has 21 heavy (non-hydrogen) atoms. The predicted octanol–water partition coefficient (Wildman–Crippen LogP) is 3.44. The van der Waals surface area contributed by atoms with Gasteiger partial charge in [-0.15, -0.1) is 10.2 Å². The van der Waals surface area contributed by atoms with Crippen LogP contribution in [-0.4, -0.2) is 39.2 Å². The Bertz CT molecular complexity index is 541. The maximum absolute atomic E-state index is 5.70. The minimum Gasteiger partial charge on any atom is -0.459 e. The maximum atomic E-state index is 5.70. The number of rotatable bonds is 5. The Kier molecular flexibility index (Phi) is 4.98. The van der Waals surface area contributed by atoms with Gasteiger partial charge in [0.05, 0.1) is 12.8 Å². The molecule has 0 saturated carbocycles. The molecule has 1 aliphatic heterocycles. The molecule has 0 bridgehead atoms. The lowest BCUT2D eigenvalue weighted by molar-refractivity contribution is 0.251. The molecule has 0 unspecified atom stereocenters. The van der Waals surface area contributed by atoms with E-state index >= 15 is 0 Å². The molecule has 1 fully saturated rings. The van der Waals surface area contributed by atoms with Crippen LogP contribution in [0.1, 0.15) is 32.1 Å². The van der Waals surface area contributed by atoms with Crippen LogP contribution in [0.15, 0.2) is 27.2 Å². The molecule has 0 amide bonds. The van der Waals surface area contributed by atoms with Crippen molar-refractivity contribution in [2.45, 2.75) is 38.0 Å². The van der Waals surface area contributed by atoms with Crippen molar-refractivity contribution < 1.29 is 8.83 Å². The number of hydrogen-bond acceptors (Lipinski definition) is 6. The first-order valence-corrected chi connectivity index (χ1v) is 8.60. The van der Waals surface area contributed by atoms with E-state index in [4.69, 9.17) is 8.83 Å². The molecule has 114 valence electrons. The fraction of sp³-hybridized carbons (Fsp3) is 0.600. The fourth-order valence-electron chi connectivity index (χ4n) is 2.70. The lowest BCUT2D eigenvalue weighted by atomic mass is 10.2. The summed E-state index contributed by atoms with van der Waals surface area (Å²) in [6, 6.07) is 3.65. The Labute approximate surface area is 129 Å². The number of furan rings is 1. The minimum absolute atomic E-state index is 0.462. The Balaban J connectivity index is 1.62. The van der Waals surface area contributed by atoms with E-state index in [0.717, 1.165) is 24.9 Å². The first kappa shape index (κ1) is 14.7. The van der Waals surface area contributed by atoms with Gasteiger partial charge in [-0.1, -0.05) is 13.3 Å². The molecule has 6 heteroatoms. The van der Waals surface area contributed by atoms with Crippen molar-refractivity contribution in [1.82, 2.24) is 15.1 Å². The molecule has 1 atom stereocenters. The van der Waals surface area contributed by atoms with E-state index in [9.17, 15) is 0 Å². The van der Waals surface area contributed by atoms with Crippen molar-refractivity contribution in [3.05, 3.63) is 24.3 Å². The third-order valence-corrected chi connectivity index (χ3v) is 4.86. The molecule has 5 nitrogen and oxygen atoms in total. The van der Waals surface area contributed by atoms with Gasteiger partial charge in [0, 0.05) is 11.8 Å². The zero-order chi connectivity index (χ0) is 14.5. The Morgan fingerprint density at radius 1 is 1.38 bits per heavy atom. The molecular formula is C15H21N3O2S. The molecule has 2 aromatic heterocycles. The number of nitrogens with zero attached hydrogens (tertiary/aromatic N) is 3. The summed E-state index contributed by atoms with van der Waals surface area (Å²) < 4.78 is 11.0. The van der Waals surface area contributed by atoms with E-state index in [-0.39, 0.29) is 0 Å². The van der Waals surface area contributed by atoms with Gasteiger partial charge in [0.25, 0.3) is 5.89 Å². The van der Waals surface area contributed by atoms with Gasteiger partial charge in [0.2, 0.25) is 5.89 Å². The van der Waals surface area contributed by atoms with E-state index in [1.54, 1.807) is 6.26 Å². The second-order valence-corrected chi connectivity index (χ2v) is 6.86. The Morgan fingerprint density at radius 2 is 2.33 bits per heavy atom. The minimum atomic E-state index is 0.462. The predicted molar refractivity (Wildman–Crippen MR) is 83.0 cm³/mol. The Hall–Kier alpha value is -1.27. The van der Waals surface area contributed by atoms with Crippen LogP contribution in [0.3, 0.4) is 0 Å². The summed E-state index contributed by atoms with van der Waals surface area (Å²) in [5, 5.41) is 8.93. The van der Waals surface area contributed by atoms with Gasteiger partial charge >= 0.3 is 0 Å². The molecule has 1 aliphatic rings. The van der Waals surface area contributed by atoms with Gasteiger partial charge in [0.1, 0.15) is 0 Å². The van der Waals surface area contributed by atoms with Crippen LogP contribution in [-0.2, 0) is 6.54 Å². The summed E-state index contributed by atoms with van der Waals surface area (Å²) in [7, 11) is 0. The van der Waals surface area contributed by atoms with Gasteiger partial charge in [-0.3, -0.25) is 4.90 Å². The maximum Gasteiger partial charge on any atom is 0.283 e. The van der Waals surface area contributed by atoms with Crippen LogP contribution in [0.5, 0.6) is 0 Å². The highest BCUT2D eigenvalue weighted by molar-refractivity contribution is 7.99. The molecule has 0 N–H and O–H groups in total. The smallest absolute Gasteiger partial charge is 0.283 e. The highest BCUT2D eigenvalue weighted by atomic mass is 32.2. The van der Waals surface area contributed by atoms with Crippen LogP contribution in [0.2, 0.25) is 0 Å². The van der Waals surface area contributed by atoms with Crippen molar-refractivity contribution in [1.29, 1.82) is 0 Å². The monoisotopic (exact) mass is 307 g/mol. The largest absolute Gasteiger partial charge is 0.459 e. The van der Waals surface area contributed by atoms with Crippen LogP contribution in [0.25, 0.3) is 11.7 Å². The van der Waals surface area contributed by atoms with Gasteiger partial charge in [-0.25, -0.2) is 0 Å². The van der Waals surface area contributed by atoms with Crippen molar-refractivity contribution in [2.24, 2.45) is 0 Å². The zero-order valence-electron chi connectivity index (χ0n) is 12.3. The summed E-state index contributed by atoms with van der Waals surface area (Å²) in [4.78, 5) is 2.43. The van der Waals surface area contributed by atoms with Crippen LogP contribution >= 0.6 is 11.8 Å². The lowest BCUT2D eigenvalue weighted by Crippen LogP contribution is -2.29. The van der Waals surface area contributed by atoms with Gasteiger partial charge < -0.3 is 8.83 Å². The molecule has 0 spiro atoms. The molecule has 3 heterocycles. The lowest BCUT2D eigenvalue weighted by Gasteiger charge is -2.22. The normalized spacial score (nSPS) is 20.5. The third-order valence-electron chi connectivity index (χ3n) is 3.67. The molecule has 0 aromatic carbocycles. The molecule has 3 rings (SSSR count). The van der Waals surface area contributed by atoms with E-state index in [1.165, 1.54) is 25.0 Å².